The SMILES string of the molecule is Cc1ccc(C(=O)NCc2nc3ccccc3[nH]2)cc1Br. The third-order valence-electron chi connectivity index (χ3n) is 3.29. The van der Waals surface area contributed by atoms with Crippen molar-refractivity contribution in [3.63, 3.8) is 0 Å². The highest BCUT2D eigenvalue weighted by Crippen LogP contribution is 2.17. The van der Waals surface area contributed by atoms with E-state index in [2.05, 4.69) is 31.2 Å². The van der Waals surface area contributed by atoms with Crippen LogP contribution in [0.5, 0.6) is 0 Å². The number of fused-ring (bicyclic) bond motifs is 1. The third kappa shape index (κ3) is 2.97. The van der Waals surface area contributed by atoms with Gasteiger partial charge in [0.15, 0.2) is 0 Å². The Hall–Kier alpha value is -2.14. The molecule has 0 unspecified atom stereocenters. The van der Waals surface area contributed by atoms with Crippen LogP contribution in [0.3, 0.4) is 0 Å². The Labute approximate surface area is 130 Å². The van der Waals surface area contributed by atoms with Gasteiger partial charge in [-0.15, -0.1) is 0 Å². The van der Waals surface area contributed by atoms with E-state index in [9.17, 15) is 4.79 Å². The molecule has 4 nitrogen and oxygen atoms in total. The molecule has 3 aromatic rings. The topological polar surface area (TPSA) is 57.8 Å². The predicted molar refractivity (Wildman–Crippen MR) is 86.1 cm³/mol. The first-order valence-corrected chi connectivity index (χ1v) is 7.41. The van der Waals surface area contributed by atoms with Gasteiger partial charge in [0.2, 0.25) is 0 Å². The van der Waals surface area contributed by atoms with Crippen LogP contribution >= 0.6 is 15.9 Å². The van der Waals surface area contributed by atoms with Crippen molar-refractivity contribution in [2.45, 2.75) is 13.5 Å². The molecule has 0 spiro atoms. The van der Waals surface area contributed by atoms with Crippen LogP contribution in [0.1, 0.15) is 21.7 Å². The van der Waals surface area contributed by atoms with E-state index in [1.54, 1.807) is 0 Å². The van der Waals surface area contributed by atoms with Crippen molar-refractivity contribution in [2.24, 2.45) is 0 Å². The highest BCUT2D eigenvalue weighted by Gasteiger charge is 2.08. The second-order valence-electron chi connectivity index (χ2n) is 4.85. The molecule has 0 bridgehead atoms. The van der Waals surface area contributed by atoms with Gasteiger partial charge in [-0.2, -0.15) is 0 Å². The van der Waals surface area contributed by atoms with Crippen LogP contribution < -0.4 is 5.32 Å². The van der Waals surface area contributed by atoms with Gasteiger partial charge in [-0.25, -0.2) is 4.98 Å². The minimum absolute atomic E-state index is 0.115. The van der Waals surface area contributed by atoms with Gasteiger partial charge >= 0.3 is 0 Å². The van der Waals surface area contributed by atoms with Crippen molar-refractivity contribution >= 4 is 32.9 Å². The molecule has 106 valence electrons. The molecular formula is C16H14BrN3O. The minimum atomic E-state index is -0.115. The number of amides is 1. The molecule has 2 N–H and O–H groups in total. The normalized spacial score (nSPS) is 10.8. The smallest absolute Gasteiger partial charge is 0.251 e. The molecule has 0 aliphatic carbocycles. The lowest BCUT2D eigenvalue weighted by atomic mass is 10.1. The summed E-state index contributed by atoms with van der Waals surface area (Å²) >= 11 is 3.44. The monoisotopic (exact) mass is 343 g/mol. The van der Waals surface area contributed by atoms with Crippen molar-refractivity contribution in [1.82, 2.24) is 15.3 Å². The molecule has 0 aliphatic rings. The number of nitrogens with one attached hydrogen (secondary N) is 2. The van der Waals surface area contributed by atoms with E-state index >= 15 is 0 Å². The van der Waals surface area contributed by atoms with E-state index in [1.807, 2.05) is 49.4 Å². The number of aryl methyl sites for hydroxylation is 1. The maximum absolute atomic E-state index is 12.1. The van der Waals surface area contributed by atoms with Gasteiger partial charge in [0.25, 0.3) is 5.91 Å². The maximum Gasteiger partial charge on any atom is 0.251 e. The second-order valence-corrected chi connectivity index (χ2v) is 5.70. The van der Waals surface area contributed by atoms with Crippen molar-refractivity contribution in [3.8, 4) is 0 Å². The lowest BCUT2D eigenvalue weighted by Gasteiger charge is -2.05. The molecule has 2 aromatic carbocycles. The average Bonchev–Trinajstić information content (AvgIpc) is 2.90. The zero-order valence-electron chi connectivity index (χ0n) is 11.5. The first-order valence-electron chi connectivity index (χ1n) is 6.61. The summed E-state index contributed by atoms with van der Waals surface area (Å²) in [6.07, 6.45) is 0. The molecular weight excluding hydrogens is 330 g/mol. The predicted octanol–water partition coefficient (Wildman–Crippen LogP) is 3.56. The summed E-state index contributed by atoms with van der Waals surface area (Å²) in [5, 5.41) is 2.87. The summed E-state index contributed by atoms with van der Waals surface area (Å²) < 4.78 is 0.930. The zero-order chi connectivity index (χ0) is 14.8. The van der Waals surface area contributed by atoms with Crippen molar-refractivity contribution < 1.29 is 4.79 Å². The summed E-state index contributed by atoms with van der Waals surface area (Å²) in [4.78, 5) is 19.7. The number of benzene rings is 2. The standard InChI is InChI=1S/C16H14BrN3O/c1-10-6-7-11(8-12(10)17)16(21)18-9-15-19-13-4-2-3-5-14(13)20-15/h2-8H,9H2,1H3,(H,18,21)(H,19,20). The van der Waals surface area contributed by atoms with Crippen molar-refractivity contribution in [1.29, 1.82) is 0 Å². The fourth-order valence-corrected chi connectivity index (χ4v) is 2.47. The second kappa shape index (κ2) is 5.69. The minimum Gasteiger partial charge on any atom is -0.345 e. The largest absolute Gasteiger partial charge is 0.345 e. The molecule has 0 atom stereocenters. The third-order valence-corrected chi connectivity index (χ3v) is 4.14. The molecule has 0 saturated carbocycles. The lowest BCUT2D eigenvalue weighted by Crippen LogP contribution is -2.23. The molecule has 0 saturated heterocycles. The number of hydrogen-bond donors (Lipinski definition) is 2. The Morgan fingerprint density at radius 1 is 1.29 bits per heavy atom. The number of halogens is 1. The Morgan fingerprint density at radius 3 is 2.86 bits per heavy atom. The molecule has 1 aromatic heterocycles. The zero-order valence-corrected chi connectivity index (χ0v) is 13.1. The van der Waals surface area contributed by atoms with Gasteiger partial charge < -0.3 is 10.3 Å². The summed E-state index contributed by atoms with van der Waals surface area (Å²) in [5.41, 5.74) is 3.60. The number of para-hydroxylation sites is 2. The molecule has 5 heteroatoms. The van der Waals surface area contributed by atoms with Crippen LogP contribution in [-0.2, 0) is 6.54 Å². The van der Waals surface area contributed by atoms with E-state index in [4.69, 9.17) is 0 Å². The first-order chi connectivity index (χ1) is 10.1. The Bertz CT molecular complexity index is 777. The van der Waals surface area contributed by atoms with Gasteiger partial charge in [-0.05, 0) is 36.8 Å². The molecule has 0 fully saturated rings. The highest BCUT2D eigenvalue weighted by molar-refractivity contribution is 9.10. The van der Waals surface area contributed by atoms with Crippen molar-refractivity contribution in [2.75, 3.05) is 0 Å². The highest BCUT2D eigenvalue weighted by atomic mass is 79.9. The van der Waals surface area contributed by atoms with Gasteiger partial charge in [0.05, 0.1) is 17.6 Å². The number of hydrogen-bond acceptors (Lipinski definition) is 2. The van der Waals surface area contributed by atoms with Crippen LogP contribution in [0.4, 0.5) is 0 Å². The van der Waals surface area contributed by atoms with Crippen molar-refractivity contribution in [3.05, 3.63) is 63.9 Å². The fraction of sp³-hybridized carbons (Fsp3) is 0.125. The number of imidazole rings is 1. The molecule has 21 heavy (non-hydrogen) atoms. The van der Waals surface area contributed by atoms with Crippen LogP contribution in [0.15, 0.2) is 46.9 Å². The summed E-state index contributed by atoms with van der Waals surface area (Å²) in [6, 6.07) is 13.3. The summed E-state index contributed by atoms with van der Waals surface area (Å²) in [6.45, 7) is 2.36. The Balaban J connectivity index is 1.71. The summed E-state index contributed by atoms with van der Waals surface area (Å²) in [7, 11) is 0. The number of carbonyl (C=O) groups is 1. The average molecular weight is 344 g/mol. The van der Waals surface area contributed by atoms with E-state index in [0.717, 1.165) is 26.9 Å². The number of aromatic nitrogens is 2. The molecule has 1 heterocycles. The lowest BCUT2D eigenvalue weighted by molar-refractivity contribution is 0.0950. The molecule has 1 amide bonds. The quantitative estimate of drug-likeness (QED) is 0.763. The van der Waals surface area contributed by atoms with Gasteiger partial charge in [0.1, 0.15) is 5.82 Å². The van der Waals surface area contributed by atoms with Crippen LogP contribution in [0.2, 0.25) is 0 Å². The van der Waals surface area contributed by atoms with E-state index in [-0.39, 0.29) is 5.91 Å². The Morgan fingerprint density at radius 2 is 2.10 bits per heavy atom. The first kappa shape index (κ1) is 13.8. The van der Waals surface area contributed by atoms with Crippen LogP contribution in [0, 0.1) is 6.92 Å². The van der Waals surface area contributed by atoms with Gasteiger partial charge in [-0.1, -0.05) is 34.1 Å². The molecule has 0 radical (unpaired) electrons. The van der Waals surface area contributed by atoms with Gasteiger partial charge in [0, 0.05) is 10.0 Å². The number of aromatic amines is 1. The maximum atomic E-state index is 12.1. The van der Waals surface area contributed by atoms with E-state index in [0.29, 0.717) is 12.1 Å². The Kier molecular flexibility index (Phi) is 3.75. The summed E-state index contributed by atoms with van der Waals surface area (Å²) in [5.74, 6) is 0.631. The fourth-order valence-electron chi connectivity index (χ4n) is 2.09. The number of carbonyl (C=O) groups excluding carboxylic acids is 1. The number of nitrogens with zero attached hydrogens (tertiary/aromatic N) is 1. The molecule has 3 rings (SSSR count). The van der Waals surface area contributed by atoms with Crippen LogP contribution in [-0.4, -0.2) is 15.9 Å². The van der Waals surface area contributed by atoms with Gasteiger partial charge in [-0.3, -0.25) is 4.79 Å². The van der Waals surface area contributed by atoms with Crippen LogP contribution in [0.25, 0.3) is 11.0 Å². The number of rotatable bonds is 3. The van der Waals surface area contributed by atoms with E-state index < -0.39 is 0 Å². The number of H-pyrrole nitrogens is 1. The molecule has 0 aliphatic heterocycles. The van der Waals surface area contributed by atoms with E-state index in [1.165, 1.54) is 0 Å².